The summed E-state index contributed by atoms with van der Waals surface area (Å²) in [6, 6.07) is 1.49. The first-order valence-electron chi connectivity index (χ1n) is 5.89. The Kier molecular flexibility index (Phi) is 5.56. The van der Waals surface area contributed by atoms with Gasteiger partial charge in [0.15, 0.2) is 0 Å². The van der Waals surface area contributed by atoms with E-state index in [1.165, 1.54) is 12.3 Å². The van der Waals surface area contributed by atoms with Crippen LogP contribution in [0, 0.1) is 10.1 Å². The van der Waals surface area contributed by atoms with Crippen molar-refractivity contribution in [3.8, 4) is 0 Å². The first-order chi connectivity index (χ1) is 9.16. The summed E-state index contributed by atoms with van der Waals surface area (Å²) in [6.45, 7) is 4.50. The van der Waals surface area contributed by atoms with E-state index in [0.29, 0.717) is 4.47 Å². The molecule has 1 fully saturated rings. The van der Waals surface area contributed by atoms with E-state index < -0.39 is 4.92 Å². The third-order valence-corrected chi connectivity index (χ3v) is 4.61. The van der Waals surface area contributed by atoms with Crippen LogP contribution in [-0.2, 0) is 4.74 Å². The maximum absolute atomic E-state index is 10.6. The Balaban J connectivity index is 1.83. The van der Waals surface area contributed by atoms with Crippen LogP contribution in [0.2, 0.25) is 0 Å². The minimum atomic E-state index is -0.445. The second-order valence-corrected chi connectivity index (χ2v) is 5.98. The number of halogens is 1. The fraction of sp³-hybridized carbons (Fsp3) is 0.545. The smallest absolute Gasteiger partial charge is 0.288 e. The van der Waals surface area contributed by atoms with Crippen LogP contribution in [0.1, 0.15) is 0 Å². The van der Waals surface area contributed by atoms with Gasteiger partial charge in [-0.2, -0.15) is 0 Å². The Bertz CT molecular complexity index is 455. The summed E-state index contributed by atoms with van der Waals surface area (Å²) in [5.74, 6) is 0.906. The van der Waals surface area contributed by atoms with Gasteiger partial charge < -0.3 is 4.74 Å². The van der Waals surface area contributed by atoms with Gasteiger partial charge >= 0.3 is 0 Å². The number of ether oxygens (including phenoxy) is 1. The number of rotatable bonds is 5. The molecule has 6 nitrogen and oxygen atoms in total. The average Bonchev–Trinajstić information content (AvgIpc) is 2.41. The molecule has 0 atom stereocenters. The number of hydrogen-bond acceptors (Lipinski definition) is 6. The minimum Gasteiger partial charge on any atom is -0.379 e. The summed E-state index contributed by atoms with van der Waals surface area (Å²) in [4.78, 5) is 16.6. The number of nitro groups is 1. The van der Waals surface area contributed by atoms with E-state index in [9.17, 15) is 10.1 Å². The van der Waals surface area contributed by atoms with Crippen molar-refractivity contribution in [1.29, 1.82) is 0 Å². The van der Waals surface area contributed by atoms with Crippen LogP contribution in [0.5, 0.6) is 0 Å². The van der Waals surface area contributed by atoms with Crippen molar-refractivity contribution in [2.24, 2.45) is 0 Å². The molecule has 0 N–H and O–H groups in total. The van der Waals surface area contributed by atoms with E-state index in [-0.39, 0.29) is 5.69 Å². The molecule has 0 aliphatic carbocycles. The molecule has 0 radical (unpaired) electrons. The average molecular weight is 348 g/mol. The molecule has 8 heteroatoms. The highest BCUT2D eigenvalue weighted by molar-refractivity contribution is 9.10. The predicted molar refractivity (Wildman–Crippen MR) is 76.6 cm³/mol. The Hall–Kier alpha value is -0.700. The van der Waals surface area contributed by atoms with Gasteiger partial charge in [-0.05, 0) is 15.9 Å². The lowest BCUT2D eigenvalue weighted by molar-refractivity contribution is -0.385. The number of nitrogens with zero attached hydrogens (tertiary/aromatic N) is 3. The van der Waals surface area contributed by atoms with Crippen LogP contribution in [0.25, 0.3) is 0 Å². The van der Waals surface area contributed by atoms with Gasteiger partial charge in [-0.25, -0.2) is 4.98 Å². The minimum absolute atomic E-state index is 0.00408. The molecule has 19 heavy (non-hydrogen) atoms. The molecule has 1 aromatic rings. The van der Waals surface area contributed by atoms with Crippen LogP contribution < -0.4 is 0 Å². The molecule has 1 aliphatic rings. The molecule has 1 saturated heterocycles. The Morgan fingerprint density at radius 3 is 2.89 bits per heavy atom. The quantitative estimate of drug-likeness (QED) is 0.462. The van der Waals surface area contributed by atoms with Crippen LogP contribution in [-0.4, -0.2) is 53.4 Å². The summed E-state index contributed by atoms with van der Waals surface area (Å²) >= 11 is 4.92. The predicted octanol–water partition coefficient (Wildman–Crippen LogP) is 2.18. The number of morpholine rings is 1. The number of hydrogen-bond donors (Lipinski definition) is 0. The molecule has 2 heterocycles. The van der Waals surface area contributed by atoms with Gasteiger partial charge in [0.05, 0.1) is 22.6 Å². The van der Waals surface area contributed by atoms with Gasteiger partial charge in [-0.1, -0.05) is 0 Å². The molecular weight excluding hydrogens is 334 g/mol. The molecule has 0 unspecified atom stereocenters. The van der Waals surface area contributed by atoms with E-state index >= 15 is 0 Å². The largest absolute Gasteiger partial charge is 0.379 e. The van der Waals surface area contributed by atoms with E-state index in [1.54, 1.807) is 11.8 Å². The van der Waals surface area contributed by atoms with Crippen molar-refractivity contribution >= 4 is 33.4 Å². The molecule has 0 spiro atoms. The standard InChI is InChI=1S/C11H14BrN3O3S/c12-10-7-9(15(16)17)8-13-11(10)19-6-3-14-1-4-18-5-2-14/h7-8H,1-6H2. The van der Waals surface area contributed by atoms with Gasteiger partial charge in [-0.15, -0.1) is 11.8 Å². The Labute approximate surface area is 123 Å². The molecule has 2 rings (SSSR count). The zero-order chi connectivity index (χ0) is 13.7. The Morgan fingerprint density at radius 2 is 2.26 bits per heavy atom. The first-order valence-corrected chi connectivity index (χ1v) is 7.67. The number of pyridine rings is 1. The van der Waals surface area contributed by atoms with Crippen LogP contribution >= 0.6 is 27.7 Å². The van der Waals surface area contributed by atoms with E-state index in [4.69, 9.17) is 4.74 Å². The normalized spacial score (nSPS) is 16.5. The van der Waals surface area contributed by atoms with Crippen molar-refractivity contribution in [3.63, 3.8) is 0 Å². The molecule has 0 amide bonds. The van der Waals surface area contributed by atoms with Crippen LogP contribution in [0.3, 0.4) is 0 Å². The summed E-state index contributed by atoms with van der Waals surface area (Å²) in [5.41, 5.74) is 0.00408. The van der Waals surface area contributed by atoms with Gasteiger partial charge in [-0.3, -0.25) is 15.0 Å². The van der Waals surface area contributed by atoms with E-state index in [1.807, 2.05) is 0 Å². The van der Waals surface area contributed by atoms with Crippen molar-refractivity contribution in [2.75, 3.05) is 38.6 Å². The summed E-state index contributed by atoms with van der Waals surface area (Å²) < 4.78 is 5.96. The molecular formula is C11H14BrN3O3S. The molecule has 104 valence electrons. The highest BCUT2D eigenvalue weighted by Gasteiger charge is 2.13. The van der Waals surface area contributed by atoms with Crippen molar-refractivity contribution in [2.45, 2.75) is 5.03 Å². The number of thioether (sulfide) groups is 1. The maximum Gasteiger partial charge on any atom is 0.288 e. The van der Waals surface area contributed by atoms with Gasteiger partial charge in [0.2, 0.25) is 0 Å². The van der Waals surface area contributed by atoms with E-state index in [0.717, 1.165) is 43.6 Å². The lowest BCUT2D eigenvalue weighted by Gasteiger charge is -2.26. The summed E-state index contributed by atoms with van der Waals surface area (Å²) in [5, 5.41) is 11.4. The SMILES string of the molecule is O=[N+]([O-])c1cnc(SCCN2CCOCC2)c(Br)c1. The summed E-state index contributed by atoms with van der Waals surface area (Å²) in [6.07, 6.45) is 1.29. The molecule has 1 aromatic heterocycles. The van der Waals surface area contributed by atoms with Crippen molar-refractivity contribution in [3.05, 3.63) is 26.9 Å². The third kappa shape index (κ3) is 4.41. The number of aromatic nitrogens is 1. The zero-order valence-electron chi connectivity index (χ0n) is 10.2. The van der Waals surface area contributed by atoms with Crippen molar-refractivity contribution in [1.82, 2.24) is 9.88 Å². The molecule has 0 bridgehead atoms. The van der Waals surface area contributed by atoms with Crippen LogP contribution in [0.4, 0.5) is 5.69 Å². The monoisotopic (exact) mass is 347 g/mol. The Morgan fingerprint density at radius 1 is 1.53 bits per heavy atom. The van der Waals surface area contributed by atoms with Crippen LogP contribution in [0.15, 0.2) is 21.8 Å². The summed E-state index contributed by atoms with van der Waals surface area (Å²) in [7, 11) is 0. The lowest BCUT2D eigenvalue weighted by atomic mass is 10.4. The van der Waals surface area contributed by atoms with Gasteiger partial charge in [0.25, 0.3) is 5.69 Å². The van der Waals surface area contributed by atoms with E-state index in [2.05, 4.69) is 25.8 Å². The fourth-order valence-corrected chi connectivity index (χ4v) is 3.26. The maximum atomic E-state index is 10.6. The van der Waals surface area contributed by atoms with Crippen molar-refractivity contribution < 1.29 is 9.66 Å². The first kappa shape index (κ1) is 14.7. The highest BCUT2D eigenvalue weighted by atomic mass is 79.9. The molecule has 0 aromatic carbocycles. The second kappa shape index (κ2) is 7.18. The topological polar surface area (TPSA) is 68.5 Å². The van der Waals surface area contributed by atoms with Gasteiger partial charge in [0.1, 0.15) is 11.2 Å². The zero-order valence-corrected chi connectivity index (χ0v) is 12.7. The molecule has 0 saturated carbocycles. The second-order valence-electron chi connectivity index (χ2n) is 4.04. The lowest BCUT2D eigenvalue weighted by Crippen LogP contribution is -2.37. The highest BCUT2D eigenvalue weighted by Crippen LogP contribution is 2.28. The van der Waals surface area contributed by atoms with Gasteiger partial charge in [0, 0.05) is 31.5 Å². The molecule has 1 aliphatic heterocycles. The third-order valence-electron chi connectivity index (χ3n) is 2.75. The fourth-order valence-electron chi connectivity index (χ4n) is 1.72.